The average Bonchev–Trinajstić information content (AvgIpc) is 3.09. The van der Waals surface area contributed by atoms with Crippen molar-refractivity contribution in [1.29, 1.82) is 0 Å². The van der Waals surface area contributed by atoms with E-state index in [1.807, 2.05) is 48.5 Å². The number of rotatable bonds is 6. The molecule has 0 bridgehead atoms. The molecule has 3 rings (SSSR count). The highest BCUT2D eigenvalue weighted by molar-refractivity contribution is 5.55. The van der Waals surface area contributed by atoms with Gasteiger partial charge in [-0.3, -0.25) is 0 Å². The van der Waals surface area contributed by atoms with Crippen LogP contribution in [0.25, 0.3) is 11.4 Å². The minimum Gasteiger partial charge on any atom is -0.497 e. The molecule has 0 unspecified atom stereocenters. The largest absolute Gasteiger partial charge is 0.497 e. The topological polar surface area (TPSA) is 69.4 Å². The number of hydrogen-bond donors (Lipinski definition) is 1. The standard InChI is InChI=1S/C17H17N3O3/c1-21-14-9-8-13(15(10-14)22-2)11-18-17-19-16(20-23-17)12-6-4-3-5-7-12/h3-10H,11H2,1-2H3,(H,18,19,20). The first-order valence-electron chi connectivity index (χ1n) is 7.14. The second-order valence-electron chi connectivity index (χ2n) is 4.82. The third-order valence-corrected chi connectivity index (χ3v) is 3.38. The van der Waals surface area contributed by atoms with Crippen LogP contribution in [0.3, 0.4) is 0 Å². The van der Waals surface area contributed by atoms with Gasteiger partial charge in [0.1, 0.15) is 11.5 Å². The van der Waals surface area contributed by atoms with Crippen molar-refractivity contribution in [2.45, 2.75) is 6.54 Å². The predicted octanol–water partition coefficient (Wildman–Crippen LogP) is 3.37. The Morgan fingerprint density at radius 1 is 1.04 bits per heavy atom. The van der Waals surface area contributed by atoms with Gasteiger partial charge in [0.25, 0.3) is 0 Å². The highest BCUT2D eigenvalue weighted by Gasteiger charge is 2.10. The zero-order chi connectivity index (χ0) is 16.1. The molecule has 0 spiro atoms. The van der Waals surface area contributed by atoms with Crippen LogP contribution in [-0.2, 0) is 6.54 Å². The normalized spacial score (nSPS) is 10.3. The van der Waals surface area contributed by atoms with Crippen LogP contribution >= 0.6 is 0 Å². The van der Waals surface area contributed by atoms with Gasteiger partial charge < -0.3 is 19.3 Å². The summed E-state index contributed by atoms with van der Waals surface area (Å²) in [6, 6.07) is 15.7. The van der Waals surface area contributed by atoms with Crippen molar-refractivity contribution < 1.29 is 14.0 Å². The van der Waals surface area contributed by atoms with Crippen LogP contribution < -0.4 is 14.8 Å². The first-order valence-corrected chi connectivity index (χ1v) is 7.14. The summed E-state index contributed by atoms with van der Waals surface area (Å²) in [5.74, 6) is 2.03. The summed E-state index contributed by atoms with van der Waals surface area (Å²) in [5, 5.41) is 7.07. The Bertz CT molecular complexity index is 772. The van der Waals surface area contributed by atoms with Crippen molar-refractivity contribution in [1.82, 2.24) is 10.1 Å². The monoisotopic (exact) mass is 311 g/mol. The summed E-state index contributed by atoms with van der Waals surface area (Å²) in [7, 11) is 3.24. The third kappa shape index (κ3) is 3.42. The summed E-state index contributed by atoms with van der Waals surface area (Å²) in [4.78, 5) is 4.33. The van der Waals surface area contributed by atoms with Gasteiger partial charge in [-0.2, -0.15) is 4.98 Å². The average molecular weight is 311 g/mol. The summed E-state index contributed by atoms with van der Waals surface area (Å²) >= 11 is 0. The molecule has 0 saturated carbocycles. The van der Waals surface area contributed by atoms with E-state index in [1.165, 1.54) is 0 Å². The van der Waals surface area contributed by atoms with E-state index in [-0.39, 0.29) is 0 Å². The van der Waals surface area contributed by atoms with E-state index in [9.17, 15) is 0 Å². The van der Waals surface area contributed by atoms with Crippen molar-refractivity contribution in [3.63, 3.8) is 0 Å². The minimum atomic E-state index is 0.363. The second kappa shape index (κ2) is 6.83. The molecule has 3 aromatic rings. The molecule has 118 valence electrons. The van der Waals surface area contributed by atoms with Gasteiger partial charge in [0.15, 0.2) is 0 Å². The molecule has 6 heteroatoms. The van der Waals surface area contributed by atoms with Crippen LogP contribution in [0.5, 0.6) is 11.5 Å². The van der Waals surface area contributed by atoms with Crippen molar-refractivity contribution in [3.8, 4) is 22.9 Å². The summed E-state index contributed by atoms with van der Waals surface area (Å²) in [5.41, 5.74) is 1.87. The van der Waals surface area contributed by atoms with Gasteiger partial charge in [-0.15, -0.1) is 0 Å². The molecule has 2 aromatic carbocycles. The first-order chi connectivity index (χ1) is 11.3. The number of hydrogen-bond acceptors (Lipinski definition) is 6. The molecule has 23 heavy (non-hydrogen) atoms. The van der Waals surface area contributed by atoms with Crippen LogP contribution in [0.2, 0.25) is 0 Å². The summed E-state index contributed by atoms with van der Waals surface area (Å²) < 4.78 is 15.8. The number of benzene rings is 2. The maximum absolute atomic E-state index is 5.36. The Kier molecular flexibility index (Phi) is 4.42. The van der Waals surface area contributed by atoms with Crippen molar-refractivity contribution in [3.05, 3.63) is 54.1 Å². The Morgan fingerprint density at radius 3 is 2.61 bits per heavy atom. The lowest BCUT2D eigenvalue weighted by Gasteiger charge is -2.10. The van der Waals surface area contributed by atoms with Gasteiger partial charge in [-0.05, 0) is 12.1 Å². The number of aromatic nitrogens is 2. The van der Waals surface area contributed by atoms with Gasteiger partial charge in [0.2, 0.25) is 5.82 Å². The molecule has 1 heterocycles. The maximum Gasteiger partial charge on any atom is 0.322 e. The number of methoxy groups -OCH3 is 2. The fourth-order valence-corrected chi connectivity index (χ4v) is 2.17. The summed E-state index contributed by atoms with van der Waals surface area (Å²) in [6.07, 6.45) is 0. The molecule has 1 aromatic heterocycles. The van der Waals surface area contributed by atoms with Crippen molar-refractivity contribution >= 4 is 6.01 Å². The van der Waals surface area contributed by atoms with Crippen LogP contribution in [-0.4, -0.2) is 24.4 Å². The van der Waals surface area contributed by atoms with E-state index in [4.69, 9.17) is 14.0 Å². The van der Waals surface area contributed by atoms with E-state index < -0.39 is 0 Å². The van der Waals surface area contributed by atoms with E-state index in [2.05, 4.69) is 15.5 Å². The van der Waals surface area contributed by atoms with Gasteiger partial charge >= 0.3 is 6.01 Å². The summed E-state index contributed by atoms with van der Waals surface area (Å²) in [6.45, 7) is 0.504. The minimum absolute atomic E-state index is 0.363. The van der Waals surface area contributed by atoms with Gasteiger partial charge in [-0.25, -0.2) is 0 Å². The number of nitrogens with zero attached hydrogens (tertiary/aromatic N) is 2. The Morgan fingerprint density at radius 2 is 1.87 bits per heavy atom. The fraction of sp³-hybridized carbons (Fsp3) is 0.176. The molecule has 0 atom stereocenters. The Hall–Kier alpha value is -3.02. The Balaban J connectivity index is 1.71. The van der Waals surface area contributed by atoms with Gasteiger partial charge in [-0.1, -0.05) is 35.5 Å². The number of nitrogens with one attached hydrogen (secondary N) is 1. The second-order valence-corrected chi connectivity index (χ2v) is 4.82. The molecule has 0 fully saturated rings. The van der Waals surface area contributed by atoms with Crippen LogP contribution in [0.15, 0.2) is 53.1 Å². The van der Waals surface area contributed by atoms with Gasteiger partial charge in [0, 0.05) is 23.7 Å². The van der Waals surface area contributed by atoms with Gasteiger partial charge in [0.05, 0.1) is 14.2 Å². The highest BCUT2D eigenvalue weighted by atomic mass is 16.5. The van der Waals surface area contributed by atoms with E-state index in [1.54, 1.807) is 14.2 Å². The van der Waals surface area contributed by atoms with Crippen molar-refractivity contribution in [2.75, 3.05) is 19.5 Å². The fourth-order valence-electron chi connectivity index (χ4n) is 2.17. The molecule has 0 radical (unpaired) electrons. The highest BCUT2D eigenvalue weighted by Crippen LogP contribution is 2.25. The third-order valence-electron chi connectivity index (χ3n) is 3.38. The predicted molar refractivity (Wildman–Crippen MR) is 86.6 cm³/mol. The maximum atomic E-state index is 5.36. The molecule has 6 nitrogen and oxygen atoms in total. The van der Waals surface area contributed by atoms with Crippen LogP contribution in [0.4, 0.5) is 6.01 Å². The van der Waals surface area contributed by atoms with Crippen LogP contribution in [0.1, 0.15) is 5.56 Å². The lowest BCUT2D eigenvalue weighted by atomic mass is 10.2. The lowest BCUT2D eigenvalue weighted by molar-refractivity contribution is 0.391. The molecule has 0 aliphatic rings. The number of anilines is 1. The zero-order valence-electron chi connectivity index (χ0n) is 12.9. The zero-order valence-corrected chi connectivity index (χ0v) is 12.9. The quantitative estimate of drug-likeness (QED) is 0.752. The Labute approximate surface area is 134 Å². The smallest absolute Gasteiger partial charge is 0.322 e. The molecule has 0 saturated heterocycles. The first kappa shape index (κ1) is 14.9. The van der Waals surface area contributed by atoms with E-state index in [0.717, 1.165) is 22.6 Å². The molecular weight excluding hydrogens is 294 g/mol. The van der Waals surface area contributed by atoms with Crippen molar-refractivity contribution in [2.24, 2.45) is 0 Å². The molecule has 0 aliphatic carbocycles. The SMILES string of the molecule is COc1ccc(CNc2nc(-c3ccccc3)no2)c(OC)c1. The lowest BCUT2D eigenvalue weighted by Crippen LogP contribution is -2.02. The molecule has 1 N–H and O–H groups in total. The van der Waals surface area contributed by atoms with E-state index in [0.29, 0.717) is 18.4 Å². The molecule has 0 aliphatic heterocycles. The molecular formula is C17H17N3O3. The molecule has 0 amide bonds. The van der Waals surface area contributed by atoms with Crippen LogP contribution in [0, 0.1) is 0 Å². The number of ether oxygens (including phenoxy) is 2. The van der Waals surface area contributed by atoms with E-state index >= 15 is 0 Å².